The highest BCUT2D eigenvalue weighted by atomic mass is 19.1. The zero-order valence-electron chi connectivity index (χ0n) is 12.1. The predicted molar refractivity (Wildman–Crippen MR) is 76.1 cm³/mol. The summed E-state index contributed by atoms with van der Waals surface area (Å²) in [6, 6.07) is 4.83. The molecule has 0 fully saturated rings. The van der Waals surface area contributed by atoms with Gasteiger partial charge in [-0.05, 0) is 49.9 Å². The summed E-state index contributed by atoms with van der Waals surface area (Å²) < 4.78 is 19.2. The number of hydrogen-bond acceptors (Lipinski definition) is 2. The molecule has 3 heteroatoms. The first-order chi connectivity index (χ1) is 9.12. The first kappa shape index (κ1) is 14.3. The van der Waals surface area contributed by atoms with E-state index in [1.165, 1.54) is 6.07 Å². The van der Waals surface area contributed by atoms with Gasteiger partial charge >= 0.3 is 0 Å². The van der Waals surface area contributed by atoms with Gasteiger partial charge in [-0.1, -0.05) is 13.8 Å². The maximum atomic E-state index is 13.2. The molecule has 0 aliphatic carbocycles. The van der Waals surface area contributed by atoms with E-state index in [9.17, 15) is 4.39 Å². The Morgan fingerprint density at radius 1 is 1.37 bits per heavy atom. The van der Waals surface area contributed by atoms with E-state index in [0.29, 0.717) is 0 Å². The topological polar surface area (TPSA) is 21.3 Å². The Morgan fingerprint density at radius 3 is 2.74 bits per heavy atom. The molecule has 1 aliphatic rings. The van der Waals surface area contributed by atoms with Crippen molar-refractivity contribution in [2.45, 2.75) is 45.6 Å². The number of ether oxygens (including phenoxy) is 1. The van der Waals surface area contributed by atoms with E-state index < -0.39 is 0 Å². The molecule has 2 rings (SSSR count). The van der Waals surface area contributed by atoms with Crippen molar-refractivity contribution in [2.75, 3.05) is 13.6 Å². The van der Waals surface area contributed by atoms with Crippen molar-refractivity contribution in [1.82, 2.24) is 5.32 Å². The number of nitrogens with one attached hydrogen (secondary N) is 1. The lowest BCUT2D eigenvalue weighted by atomic mass is 9.77. The van der Waals surface area contributed by atoms with Crippen molar-refractivity contribution in [2.24, 2.45) is 5.41 Å². The molecule has 19 heavy (non-hydrogen) atoms. The Balaban J connectivity index is 2.06. The first-order valence-electron chi connectivity index (χ1n) is 7.22. The summed E-state index contributed by atoms with van der Waals surface area (Å²) in [6.07, 6.45) is 4.31. The standard InChI is InChI=1S/C16H24FNO/c1-4-16(5-2,11-18-3)10-14-9-12-8-13(17)6-7-15(12)19-14/h6-8,14,18H,4-5,9-11H2,1-3H3. The molecule has 0 amide bonds. The molecule has 1 heterocycles. The van der Waals surface area contributed by atoms with E-state index in [0.717, 1.165) is 43.5 Å². The number of benzene rings is 1. The van der Waals surface area contributed by atoms with Gasteiger partial charge in [0.2, 0.25) is 0 Å². The van der Waals surface area contributed by atoms with Gasteiger partial charge < -0.3 is 10.1 Å². The smallest absolute Gasteiger partial charge is 0.123 e. The molecule has 0 saturated heterocycles. The molecule has 1 unspecified atom stereocenters. The van der Waals surface area contributed by atoms with Crippen LogP contribution in [0.25, 0.3) is 0 Å². The van der Waals surface area contributed by atoms with E-state index in [-0.39, 0.29) is 17.3 Å². The Bertz CT molecular complexity index is 429. The molecule has 2 nitrogen and oxygen atoms in total. The van der Waals surface area contributed by atoms with E-state index >= 15 is 0 Å². The van der Waals surface area contributed by atoms with E-state index in [4.69, 9.17) is 4.74 Å². The molecule has 0 spiro atoms. The summed E-state index contributed by atoms with van der Waals surface area (Å²) in [5.41, 5.74) is 1.29. The summed E-state index contributed by atoms with van der Waals surface area (Å²) in [5, 5.41) is 3.30. The summed E-state index contributed by atoms with van der Waals surface area (Å²) in [4.78, 5) is 0. The zero-order chi connectivity index (χ0) is 13.9. The van der Waals surface area contributed by atoms with Crippen LogP contribution in [0.15, 0.2) is 18.2 Å². The molecule has 1 N–H and O–H groups in total. The molecule has 0 radical (unpaired) electrons. The van der Waals surface area contributed by atoms with Crippen LogP contribution in [0.5, 0.6) is 5.75 Å². The van der Waals surface area contributed by atoms with Crippen LogP contribution in [0, 0.1) is 11.2 Å². The Kier molecular flexibility index (Phi) is 4.46. The van der Waals surface area contributed by atoms with Crippen LogP contribution < -0.4 is 10.1 Å². The molecule has 0 aromatic heterocycles. The summed E-state index contributed by atoms with van der Waals surface area (Å²) in [7, 11) is 2.00. The van der Waals surface area contributed by atoms with Crippen LogP contribution in [0.3, 0.4) is 0 Å². The van der Waals surface area contributed by atoms with Gasteiger partial charge in [-0.3, -0.25) is 0 Å². The van der Waals surface area contributed by atoms with Gasteiger partial charge in [0.05, 0.1) is 0 Å². The first-order valence-corrected chi connectivity index (χ1v) is 7.22. The van der Waals surface area contributed by atoms with E-state index in [2.05, 4.69) is 19.2 Å². The molecule has 0 bridgehead atoms. The Labute approximate surface area is 115 Å². The van der Waals surface area contributed by atoms with Crippen molar-refractivity contribution >= 4 is 0 Å². The molecular weight excluding hydrogens is 241 g/mol. The second-order valence-electron chi connectivity index (χ2n) is 5.64. The lowest BCUT2D eigenvalue weighted by Gasteiger charge is -2.33. The average molecular weight is 265 g/mol. The van der Waals surface area contributed by atoms with E-state index in [1.54, 1.807) is 12.1 Å². The third-order valence-electron chi connectivity index (χ3n) is 4.48. The fourth-order valence-corrected chi connectivity index (χ4v) is 3.12. The van der Waals surface area contributed by atoms with Gasteiger partial charge in [0.1, 0.15) is 17.7 Å². The van der Waals surface area contributed by atoms with Crippen LogP contribution in [-0.4, -0.2) is 19.7 Å². The van der Waals surface area contributed by atoms with Gasteiger partial charge in [0.25, 0.3) is 0 Å². The molecular formula is C16H24FNO. The quantitative estimate of drug-likeness (QED) is 0.849. The highest BCUT2D eigenvalue weighted by Crippen LogP contribution is 2.38. The van der Waals surface area contributed by atoms with Crippen LogP contribution in [0.1, 0.15) is 38.7 Å². The Hall–Kier alpha value is -1.09. The number of fused-ring (bicyclic) bond motifs is 1. The fourth-order valence-electron chi connectivity index (χ4n) is 3.12. The number of halogens is 1. The lowest BCUT2D eigenvalue weighted by molar-refractivity contribution is 0.124. The normalized spacial score (nSPS) is 18.2. The van der Waals surface area contributed by atoms with Crippen molar-refractivity contribution in [3.63, 3.8) is 0 Å². The third-order valence-corrected chi connectivity index (χ3v) is 4.48. The highest BCUT2D eigenvalue weighted by molar-refractivity contribution is 5.37. The molecule has 0 saturated carbocycles. The van der Waals surface area contributed by atoms with Gasteiger partial charge in [0, 0.05) is 18.5 Å². The fraction of sp³-hybridized carbons (Fsp3) is 0.625. The molecule has 1 aromatic carbocycles. The summed E-state index contributed by atoms with van der Waals surface area (Å²) in [5.74, 6) is 0.687. The van der Waals surface area contributed by atoms with Crippen LogP contribution in [0.2, 0.25) is 0 Å². The number of hydrogen-bond donors (Lipinski definition) is 1. The molecule has 106 valence electrons. The van der Waals surface area contributed by atoms with Crippen LogP contribution in [-0.2, 0) is 6.42 Å². The maximum absolute atomic E-state index is 13.2. The largest absolute Gasteiger partial charge is 0.490 e. The second-order valence-corrected chi connectivity index (χ2v) is 5.64. The van der Waals surface area contributed by atoms with Crippen molar-refractivity contribution in [3.8, 4) is 5.75 Å². The average Bonchev–Trinajstić information content (AvgIpc) is 2.79. The molecule has 1 aromatic rings. The maximum Gasteiger partial charge on any atom is 0.123 e. The van der Waals surface area contributed by atoms with Crippen LogP contribution in [0.4, 0.5) is 4.39 Å². The highest BCUT2D eigenvalue weighted by Gasteiger charge is 2.33. The van der Waals surface area contributed by atoms with Crippen LogP contribution >= 0.6 is 0 Å². The lowest BCUT2D eigenvalue weighted by Crippen LogP contribution is -2.36. The summed E-state index contributed by atoms with van der Waals surface area (Å²) >= 11 is 0. The predicted octanol–water partition coefficient (Wildman–Crippen LogP) is 3.55. The van der Waals surface area contributed by atoms with Crippen molar-refractivity contribution in [1.29, 1.82) is 0 Å². The number of rotatable bonds is 6. The van der Waals surface area contributed by atoms with E-state index in [1.807, 2.05) is 7.05 Å². The minimum Gasteiger partial charge on any atom is -0.490 e. The Morgan fingerprint density at radius 2 is 2.11 bits per heavy atom. The van der Waals surface area contributed by atoms with Crippen molar-refractivity contribution in [3.05, 3.63) is 29.6 Å². The third kappa shape index (κ3) is 3.08. The molecule has 1 aliphatic heterocycles. The minimum absolute atomic E-state index is 0.171. The molecule has 1 atom stereocenters. The van der Waals surface area contributed by atoms with Gasteiger partial charge in [-0.2, -0.15) is 0 Å². The van der Waals surface area contributed by atoms with Crippen molar-refractivity contribution < 1.29 is 9.13 Å². The summed E-state index contributed by atoms with van der Waals surface area (Å²) in [6.45, 7) is 5.48. The second kappa shape index (κ2) is 5.91. The monoisotopic (exact) mass is 265 g/mol. The zero-order valence-corrected chi connectivity index (χ0v) is 12.1. The minimum atomic E-state index is -0.171. The van der Waals surface area contributed by atoms with Gasteiger partial charge in [-0.25, -0.2) is 4.39 Å². The van der Waals surface area contributed by atoms with Gasteiger partial charge in [-0.15, -0.1) is 0 Å². The SMILES string of the molecule is CCC(CC)(CNC)CC1Cc2cc(F)ccc2O1. The van der Waals surface area contributed by atoms with Gasteiger partial charge in [0.15, 0.2) is 0 Å².